The minimum absolute atomic E-state index is 0. The van der Waals surface area contributed by atoms with Crippen molar-refractivity contribution in [1.82, 2.24) is 15.2 Å². The second-order valence-corrected chi connectivity index (χ2v) is 4.99. The Morgan fingerprint density at radius 3 is 0.714 bits per heavy atom. The molecule has 0 saturated heterocycles. The van der Waals surface area contributed by atoms with E-state index in [1.165, 1.54) is 0 Å². The molecular weight excluding hydrogens is 576 g/mol. The molecule has 0 rings (SSSR count). The molecule has 202 valence electrons. The van der Waals surface area contributed by atoms with E-state index in [0.717, 1.165) is 0 Å². The Balaban J connectivity index is -0.000000125. The standard InChI is InChI=1S/3C4H7NO6.2V/c3*6-2(7)1-5(11)3(8)4(9)10;;/h3*3,8,11H,1H2,(H,6,7)(H,9,10);;/p-6. The zero-order valence-electron chi connectivity index (χ0n) is 16.7. The first kappa shape index (κ1) is 42.8. The fourth-order valence-corrected chi connectivity index (χ4v) is 1.02. The van der Waals surface area contributed by atoms with E-state index in [-0.39, 0.29) is 52.3 Å². The van der Waals surface area contributed by atoms with E-state index < -0.39 is 74.1 Å². The van der Waals surface area contributed by atoms with E-state index in [2.05, 4.69) is 0 Å². The van der Waals surface area contributed by atoms with E-state index in [4.69, 9.17) is 30.9 Å². The van der Waals surface area contributed by atoms with Gasteiger partial charge in [-0.05, 0) is 0 Å². The number of nitrogens with zero attached hydrogens (tertiary/aromatic N) is 3. The van der Waals surface area contributed by atoms with Crippen LogP contribution < -0.4 is 30.6 Å². The fourth-order valence-electron chi connectivity index (χ4n) is 1.02. The van der Waals surface area contributed by atoms with E-state index in [9.17, 15) is 59.4 Å². The molecule has 2 radical (unpaired) electrons. The quantitative estimate of drug-likeness (QED) is 0.0905. The number of carboxylic acid groups (broad SMARTS) is 6. The van der Waals surface area contributed by atoms with Crippen LogP contribution in [-0.2, 0) is 65.9 Å². The van der Waals surface area contributed by atoms with Crippen LogP contribution in [0.15, 0.2) is 0 Å². The first-order valence-electron chi connectivity index (χ1n) is 7.47. The van der Waals surface area contributed by atoms with Crippen LogP contribution in [0.1, 0.15) is 0 Å². The van der Waals surface area contributed by atoms with Gasteiger partial charge < -0.3 is 90.3 Å². The summed E-state index contributed by atoms with van der Waals surface area (Å²) in [5, 5.41) is 108. The van der Waals surface area contributed by atoms with Crippen molar-refractivity contribution in [3.05, 3.63) is 0 Å². The molecule has 0 fully saturated rings. The van der Waals surface area contributed by atoms with Crippen LogP contribution in [-0.4, -0.2) is 120 Å². The number of aliphatic carboxylic acids is 6. The van der Waals surface area contributed by atoms with Gasteiger partial charge in [-0.2, -0.15) is 15.2 Å². The molecule has 0 aromatic carbocycles. The minimum atomic E-state index is -2.35. The van der Waals surface area contributed by atoms with Crippen LogP contribution in [0.25, 0.3) is 0 Å². The first-order valence-corrected chi connectivity index (χ1v) is 7.47. The molecule has 6 N–H and O–H groups in total. The summed E-state index contributed by atoms with van der Waals surface area (Å²) in [6.45, 7) is -3.31. The smallest absolute Gasteiger partial charge is 0.170 e. The molecule has 0 aromatic heterocycles. The maximum absolute atomic E-state index is 9.75. The summed E-state index contributed by atoms with van der Waals surface area (Å²) in [6.07, 6.45) is -7.06. The predicted octanol–water partition coefficient (Wildman–Crippen LogP) is -13.5. The normalized spacial score (nSPS) is 12.3. The second-order valence-electron chi connectivity index (χ2n) is 4.99. The molecule has 0 bridgehead atoms. The minimum Gasteiger partial charge on any atom is -0.549 e. The molecule has 23 heteroatoms. The van der Waals surface area contributed by atoms with Crippen LogP contribution in [0, 0.1) is 0 Å². The molecule has 0 aliphatic carbocycles. The molecule has 0 aliphatic rings. The SMILES string of the molecule is O=C([O-])CN(O)C(O)C(=O)[O-].O=C([O-])CN(O)C(O)C(=O)[O-].O=C([O-])CN(O)C(O)C(=O)[O-].[V].[V]. The Labute approximate surface area is 216 Å². The molecule has 21 nitrogen and oxygen atoms in total. The summed E-state index contributed by atoms with van der Waals surface area (Å²) in [5.41, 5.74) is 0. The van der Waals surface area contributed by atoms with E-state index >= 15 is 0 Å². The van der Waals surface area contributed by atoms with Gasteiger partial charge >= 0.3 is 0 Å². The number of rotatable bonds is 12. The summed E-state index contributed by atoms with van der Waals surface area (Å²) in [7, 11) is 0. The van der Waals surface area contributed by atoms with Crippen molar-refractivity contribution >= 4 is 35.8 Å². The van der Waals surface area contributed by atoms with Gasteiger partial charge in [0.15, 0.2) is 18.7 Å². The molecule has 0 saturated carbocycles. The number of aliphatic hydroxyl groups excluding tert-OH is 3. The zero-order valence-corrected chi connectivity index (χ0v) is 19.5. The topological polar surface area (TPSA) is 372 Å². The number of carbonyl (C=O) groups is 6. The van der Waals surface area contributed by atoms with Crippen molar-refractivity contribution in [2.75, 3.05) is 19.6 Å². The van der Waals surface area contributed by atoms with Crippen LogP contribution >= 0.6 is 0 Å². The van der Waals surface area contributed by atoms with Gasteiger partial charge in [0.1, 0.15) is 0 Å². The van der Waals surface area contributed by atoms with Crippen LogP contribution in [0.5, 0.6) is 0 Å². The van der Waals surface area contributed by atoms with E-state index in [0.29, 0.717) is 0 Å². The molecule has 0 amide bonds. The van der Waals surface area contributed by atoms with Crippen LogP contribution in [0.2, 0.25) is 0 Å². The van der Waals surface area contributed by atoms with Crippen molar-refractivity contribution in [3.63, 3.8) is 0 Å². The van der Waals surface area contributed by atoms with Gasteiger partial charge in [-0.15, -0.1) is 0 Å². The van der Waals surface area contributed by atoms with Gasteiger partial charge in [-0.1, -0.05) is 0 Å². The number of carboxylic acids is 6. The van der Waals surface area contributed by atoms with Gasteiger partial charge in [0.05, 0.1) is 55.5 Å². The number of carbonyl (C=O) groups excluding carboxylic acids is 6. The fraction of sp³-hybridized carbons (Fsp3) is 0.500. The number of hydrogen-bond acceptors (Lipinski definition) is 21. The van der Waals surface area contributed by atoms with Gasteiger partial charge in [-0.25, -0.2) is 0 Å². The third kappa shape index (κ3) is 24.6. The summed E-state index contributed by atoms with van der Waals surface area (Å²) in [6, 6.07) is 0. The Morgan fingerprint density at radius 1 is 0.486 bits per heavy atom. The molecule has 3 atom stereocenters. The molecule has 35 heavy (non-hydrogen) atoms. The molecular formula is C12H15N3O18V2-6. The summed E-state index contributed by atoms with van der Waals surface area (Å²) in [5.74, 6) is -11.1. The molecule has 0 heterocycles. The predicted molar refractivity (Wildman–Crippen MR) is 73.5 cm³/mol. The average Bonchev–Trinajstić information content (AvgIpc) is 2.65. The van der Waals surface area contributed by atoms with Gasteiger partial charge in [0.2, 0.25) is 0 Å². The van der Waals surface area contributed by atoms with Crippen molar-refractivity contribution < 1.29 is 127 Å². The zero-order chi connectivity index (χ0) is 27.0. The monoisotopic (exact) mass is 591 g/mol. The third-order valence-corrected chi connectivity index (χ3v) is 2.35. The number of hydroxylamine groups is 6. The average molecular weight is 591 g/mol. The van der Waals surface area contributed by atoms with Gasteiger partial charge in [0.25, 0.3) is 0 Å². The largest absolute Gasteiger partial charge is 0.549 e. The van der Waals surface area contributed by atoms with Crippen LogP contribution in [0.4, 0.5) is 0 Å². The van der Waals surface area contributed by atoms with Crippen LogP contribution in [0.3, 0.4) is 0 Å². The summed E-state index contributed by atoms with van der Waals surface area (Å²) in [4.78, 5) is 58.3. The van der Waals surface area contributed by atoms with Crippen molar-refractivity contribution in [2.45, 2.75) is 18.7 Å². The molecule has 3 unspecified atom stereocenters. The Bertz CT molecular complexity index is 605. The summed E-state index contributed by atoms with van der Waals surface area (Å²) < 4.78 is 0. The van der Waals surface area contributed by atoms with Gasteiger partial charge in [-0.3, -0.25) is 0 Å². The van der Waals surface area contributed by atoms with E-state index in [1.807, 2.05) is 0 Å². The van der Waals surface area contributed by atoms with Crippen molar-refractivity contribution in [2.24, 2.45) is 0 Å². The first-order chi connectivity index (χ1) is 14.8. The Hall–Kier alpha value is -2.37. The molecule has 0 aliphatic heterocycles. The Morgan fingerprint density at radius 2 is 0.629 bits per heavy atom. The van der Waals surface area contributed by atoms with E-state index in [1.54, 1.807) is 0 Å². The maximum Gasteiger partial charge on any atom is 0.170 e. The third-order valence-electron chi connectivity index (χ3n) is 2.35. The number of hydrogen-bond donors (Lipinski definition) is 6. The number of aliphatic hydroxyl groups is 3. The van der Waals surface area contributed by atoms with Gasteiger partial charge in [0, 0.05) is 37.1 Å². The molecule has 0 aromatic rings. The maximum atomic E-state index is 9.75. The summed E-state index contributed by atoms with van der Waals surface area (Å²) >= 11 is 0. The Kier molecular flexibility index (Phi) is 27.0. The van der Waals surface area contributed by atoms with Crippen molar-refractivity contribution in [1.29, 1.82) is 0 Å². The molecule has 0 spiro atoms. The van der Waals surface area contributed by atoms with Crippen molar-refractivity contribution in [3.8, 4) is 0 Å². The second kappa shape index (κ2) is 22.1.